The minimum Gasteiger partial charge on any atom is -0.504 e. The van der Waals surface area contributed by atoms with Gasteiger partial charge in [-0.1, -0.05) is 12.1 Å². The molecule has 0 aliphatic carbocycles. The topological polar surface area (TPSA) is 80.2 Å². The number of phenolic OH excluding ortho intramolecular Hbond substituents is 1. The van der Waals surface area contributed by atoms with Crippen LogP contribution in [-0.4, -0.2) is 31.4 Å². The highest BCUT2D eigenvalue weighted by Crippen LogP contribution is 2.31. The summed E-state index contributed by atoms with van der Waals surface area (Å²) in [6.07, 6.45) is 3.46. The smallest absolute Gasteiger partial charge is 0.240 e. The Balaban J connectivity index is 1.79. The average Bonchev–Trinajstić information content (AvgIpc) is 2.65. The van der Waals surface area contributed by atoms with Crippen LogP contribution in [-0.2, 0) is 11.2 Å². The number of hydrogen-bond donors (Lipinski definition) is 2. The normalized spacial score (nSPS) is 10.7. The number of phenols is 1. The second-order valence-electron chi connectivity index (χ2n) is 5.55. The first-order valence-corrected chi connectivity index (χ1v) is 9.12. The summed E-state index contributed by atoms with van der Waals surface area (Å²) in [4.78, 5) is 11.9. The number of methoxy groups -OCH3 is 2. The maximum Gasteiger partial charge on any atom is 0.240 e. The van der Waals surface area contributed by atoms with E-state index in [4.69, 9.17) is 9.47 Å². The van der Waals surface area contributed by atoms with E-state index in [0.29, 0.717) is 15.7 Å². The lowest BCUT2D eigenvalue weighted by Crippen LogP contribution is -2.17. The number of aromatic hydroxyl groups is 1. The predicted molar refractivity (Wildman–Crippen MR) is 109 cm³/mol. The molecular weight excluding hydrogens is 447 g/mol. The first-order valence-electron chi connectivity index (χ1n) is 8.05. The Kier molecular flexibility index (Phi) is 7.71. The molecule has 1 amide bonds. The van der Waals surface area contributed by atoms with Crippen molar-refractivity contribution < 1.29 is 19.4 Å². The van der Waals surface area contributed by atoms with E-state index in [1.54, 1.807) is 19.2 Å². The van der Waals surface area contributed by atoms with E-state index in [9.17, 15) is 9.90 Å². The zero-order valence-electron chi connectivity index (χ0n) is 14.7. The van der Waals surface area contributed by atoms with Crippen LogP contribution in [0.15, 0.2) is 41.5 Å². The minimum atomic E-state index is -0.143. The number of nitrogens with zero attached hydrogens (tertiary/aromatic N) is 1. The van der Waals surface area contributed by atoms with E-state index < -0.39 is 0 Å². The number of amides is 1. The van der Waals surface area contributed by atoms with Gasteiger partial charge in [-0.3, -0.25) is 4.79 Å². The summed E-state index contributed by atoms with van der Waals surface area (Å²) in [5.74, 6) is 1.13. The summed E-state index contributed by atoms with van der Waals surface area (Å²) in [5, 5.41) is 13.8. The number of aryl methyl sites for hydroxylation is 1. The van der Waals surface area contributed by atoms with E-state index in [-0.39, 0.29) is 11.7 Å². The number of nitrogens with one attached hydrogen (secondary N) is 1. The Morgan fingerprint density at radius 2 is 1.96 bits per heavy atom. The van der Waals surface area contributed by atoms with Crippen LogP contribution in [0.1, 0.15) is 24.0 Å². The largest absolute Gasteiger partial charge is 0.504 e. The molecule has 0 fully saturated rings. The number of ether oxygens (including phenoxy) is 2. The van der Waals surface area contributed by atoms with Gasteiger partial charge in [0.2, 0.25) is 5.91 Å². The second kappa shape index (κ2) is 10.0. The molecule has 0 spiro atoms. The molecule has 0 saturated heterocycles. The van der Waals surface area contributed by atoms with E-state index in [1.165, 1.54) is 13.3 Å². The van der Waals surface area contributed by atoms with Crippen molar-refractivity contribution >= 4 is 34.7 Å². The third kappa shape index (κ3) is 5.91. The summed E-state index contributed by atoms with van der Waals surface area (Å²) < 4.78 is 10.9. The maximum atomic E-state index is 11.9. The number of halogens is 1. The molecule has 0 aliphatic rings. The summed E-state index contributed by atoms with van der Waals surface area (Å²) in [5.41, 5.74) is 4.40. The fourth-order valence-electron chi connectivity index (χ4n) is 2.30. The van der Waals surface area contributed by atoms with Gasteiger partial charge in [0.25, 0.3) is 0 Å². The molecule has 2 aromatic rings. The summed E-state index contributed by atoms with van der Waals surface area (Å²) in [7, 11) is 3.12. The predicted octanol–water partition coefficient (Wildman–Crippen LogP) is 3.49. The van der Waals surface area contributed by atoms with E-state index >= 15 is 0 Å². The van der Waals surface area contributed by atoms with Gasteiger partial charge in [0.05, 0.1) is 24.0 Å². The van der Waals surface area contributed by atoms with E-state index in [0.717, 1.165) is 29.7 Å². The van der Waals surface area contributed by atoms with Gasteiger partial charge in [0.1, 0.15) is 5.75 Å². The first-order chi connectivity index (χ1) is 12.5. The maximum absolute atomic E-state index is 11.9. The van der Waals surface area contributed by atoms with Crippen LogP contribution in [0.4, 0.5) is 0 Å². The van der Waals surface area contributed by atoms with Crippen molar-refractivity contribution in [2.75, 3.05) is 14.2 Å². The Hall–Kier alpha value is -2.29. The molecule has 0 radical (unpaired) electrons. The van der Waals surface area contributed by atoms with Gasteiger partial charge < -0.3 is 14.6 Å². The van der Waals surface area contributed by atoms with Crippen LogP contribution in [0.25, 0.3) is 0 Å². The van der Waals surface area contributed by atoms with Crippen molar-refractivity contribution in [3.8, 4) is 17.2 Å². The third-order valence-electron chi connectivity index (χ3n) is 3.70. The van der Waals surface area contributed by atoms with Crippen LogP contribution in [0, 0.1) is 3.57 Å². The Morgan fingerprint density at radius 1 is 1.23 bits per heavy atom. The molecular formula is C19H21IN2O4. The fourth-order valence-corrected chi connectivity index (χ4v) is 2.93. The zero-order valence-corrected chi connectivity index (χ0v) is 16.8. The molecule has 7 heteroatoms. The van der Waals surface area contributed by atoms with Crippen molar-refractivity contribution in [2.45, 2.75) is 19.3 Å². The molecule has 2 aromatic carbocycles. The number of rotatable bonds is 8. The van der Waals surface area contributed by atoms with Crippen molar-refractivity contribution in [1.82, 2.24) is 5.43 Å². The third-order valence-corrected chi connectivity index (χ3v) is 4.52. The van der Waals surface area contributed by atoms with Gasteiger partial charge in [-0.15, -0.1) is 0 Å². The summed E-state index contributed by atoms with van der Waals surface area (Å²) >= 11 is 2.01. The molecule has 6 nitrogen and oxygen atoms in total. The van der Waals surface area contributed by atoms with Gasteiger partial charge in [-0.25, -0.2) is 5.43 Å². The molecule has 0 bridgehead atoms. The SMILES string of the molecule is COc1ccc(CCCC(=O)NN=Cc2cc(I)c(O)c(OC)c2)cc1. The molecule has 0 unspecified atom stereocenters. The van der Waals surface area contributed by atoms with Crippen molar-refractivity contribution in [1.29, 1.82) is 0 Å². The standard InChI is InChI=1S/C19H21IN2O4/c1-25-15-8-6-13(7-9-15)4-3-5-18(23)22-21-12-14-10-16(20)19(24)17(11-14)26-2/h6-12,24H,3-5H2,1-2H3,(H,22,23). The number of hydrazone groups is 1. The van der Waals surface area contributed by atoms with Gasteiger partial charge in [0, 0.05) is 6.42 Å². The monoisotopic (exact) mass is 468 g/mol. The molecule has 2 N–H and O–H groups in total. The van der Waals surface area contributed by atoms with Crippen LogP contribution < -0.4 is 14.9 Å². The highest BCUT2D eigenvalue weighted by molar-refractivity contribution is 14.1. The molecule has 0 aliphatic heterocycles. The summed E-state index contributed by atoms with van der Waals surface area (Å²) in [6.45, 7) is 0. The van der Waals surface area contributed by atoms with Crippen molar-refractivity contribution in [2.24, 2.45) is 5.10 Å². The molecule has 0 heterocycles. The minimum absolute atomic E-state index is 0.0906. The fraction of sp³-hybridized carbons (Fsp3) is 0.263. The first kappa shape index (κ1) is 20.0. The molecule has 26 heavy (non-hydrogen) atoms. The van der Waals surface area contributed by atoms with Crippen molar-refractivity contribution in [3.05, 3.63) is 51.1 Å². The second-order valence-corrected chi connectivity index (χ2v) is 6.71. The molecule has 0 saturated carbocycles. The number of benzene rings is 2. The highest BCUT2D eigenvalue weighted by atomic mass is 127. The van der Waals surface area contributed by atoms with Crippen LogP contribution >= 0.6 is 22.6 Å². The lowest BCUT2D eigenvalue weighted by atomic mass is 10.1. The Morgan fingerprint density at radius 3 is 2.62 bits per heavy atom. The highest BCUT2D eigenvalue weighted by Gasteiger charge is 2.07. The van der Waals surface area contributed by atoms with Gasteiger partial charge >= 0.3 is 0 Å². The molecule has 0 atom stereocenters. The quantitative estimate of drug-likeness (QED) is 0.353. The van der Waals surface area contributed by atoms with Gasteiger partial charge in [-0.2, -0.15) is 5.10 Å². The molecule has 138 valence electrons. The van der Waals surface area contributed by atoms with Crippen LogP contribution in [0.5, 0.6) is 17.2 Å². The lowest BCUT2D eigenvalue weighted by molar-refractivity contribution is -0.121. The number of hydrogen-bond acceptors (Lipinski definition) is 5. The number of carbonyl (C=O) groups is 1. The molecule has 0 aromatic heterocycles. The number of carbonyl (C=O) groups excluding carboxylic acids is 1. The average molecular weight is 468 g/mol. The van der Waals surface area contributed by atoms with E-state index in [1.807, 2.05) is 46.9 Å². The van der Waals surface area contributed by atoms with Crippen LogP contribution in [0.2, 0.25) is 0 Å². The lowest BCUT2D eigenvalue weighted by Gasteiger charge is -2.06. The van der Waals surface area contributed by atoms with Crippen molar-refractivity contribution in [3.63, 3.8) is 0 Å². The molecule has 2 rings (SSSR count). The van der Waals surface area contributed by atoms with Gasteiger partial charge in [0.15, 0.2) is 11.5 Å². The van der Waals surface area contributed by atoms with E-state index in [2.05, 4.69) is 10.5 Å². The van der Waals surface area contributed by atoms with Gasteiger partial charge in [-0.05, 0) is 70.8 Å². The Labute approximate surface area is 166 Å². The van der Waals surface area contributed by atoms with Crippen LogP contribution in [0.3, 0.4) is 0 Å². The Bertz CT molecular complexity index is 776. The summed E-state index contributed by atoms with van der Waals surface area (Å²) in [6, 6.07) is 11.2. The zero-order chi connectivity index (χ0) is 18.9.